The van der Waals surface area contributed by atoms with Crippen LogP contribution in [0.25, 0.3) is 10.9 Å². The molecule has 1 aromatic heterocycles. The fourth-order valence-corrected chi connectivity index (χ4v) is 1.09. The lowest BCUT2D eigenvalue weighted by molar-refractivity contribution is 1.47. The molecule has 1 heterocycles. The van der Waals surface area contributed by atoms with Crippen LogP contribution in [0.1, 0.15) is 5.56 Å². The SMILES string of the molecule is [CH2]c1ccc2cc[nH]c2c1. The van der Waals surface area contributed by atoms with E-state index in [9.17, 15) is 0 Å². The highest BCUT2D eigenvalue weighted by molar-refractivity contribution is 5.79. The lowest BCUT2D eigenvalue weighted by Crippen LogP contribution is -1.70. The van der Waals surface area contributed by atoms with Gasteiger partial charge in [-0.1, -0.05) is 12.1 Å². The maximum Gasteiger partial charge on any atom is 0.0456 e. The van der Waals surface area contributed by atoms with Crippen LogP contribution in [0.2, 0.25) is 0 Å². The summed E-state index contributed by atoms with van der Waals surface area (Å²) in [6.07, 6.45) is 1.93. The molecule has 0 bridgehead atoms. The maximum absolute atomic E-state index is 3.83. The standard InChI is InChI=1S/C9H8N/c1-7-2-3-8-4-5-10-9(8)6-7/h2-6,10H,1H2. The van der Waals surface area contributed by atoms with Gasteiger partial charge in [0.05, 0.1) is 0 Å². The van der Waals surface area contributed by atoms with Crippen molar-refractivity contribution in [1.29, 1.82) is 0 Å². The second-order valence-corrected chi connectivity index (χ2v) is 2.40. The van der Waals surface area contributed by atoms with Crippen molar-refractivity contribution in [2.45, 2.75) is 0 Å². The minimum absolute atomic E-state index is 1.05. The summed E-state index contributed by atoms with van der Waals surface area (Å²) in [5.74, 6) is 0. The van der Waals surface area contributed by atoms with Gasteiger partial charge in [-0.15, -0.1) is 0 Å². The van der Waals surface area contributed by atoms with E-state index in [1.54, 1.807) is 0 Å². The van der Waals surface area contributed by atoms with E-state index in [2.05, 4.69) is 24.0 Å². The van der Waals surface area contributed by atoms with Crippen LogP contribution in [-0.2, 0) is 0 Å². The quantitative estimate of drug-likeness (QED) is 0.563. The van der Waals surface area contributed by atoms with E-state index in [1.165, 1.54) is 5.39 Å². The number of nitrogens with one attached hydrogen (secondary N) is 1. The maximum atomic E-state index is 3.83. The Hall–Kier alpha value is -1.24. The molecule has 2 rings (SSSR count). The second kappa shape index (κ2) is 1.87. The largest absolute Gasteiger partial charge is 0.361 e. The van der Waals surface area contributed by atoms with Crippen molar-refractivity contribution < 1.29 is 0 Å². The Morgan fingerprint density at radius 3 is 3.00 bits per heavy atom. The zero-order valence-corrected chi connectivity index (χ0v) is 5.59. The number of hydrogen-bond acceptors (Lipinski definition) is 0. The van der Waals surface area contributed by atoms with Gasteiger partial charge in [0.25, 0.3) is 0 Å². The number of hydrogen-bond donors (Lipinski definition) is 1. The summed E-state index contributed by atoms with van der Waals surface area (Å²) in [4.78, 5) is 3.12. The van der Waals surface area contributed by atoms with Crippen molar-refractivity contribution in [1.82, 2.24) is 4.98 Å². The van der Waals surface area contributed by atoms with Crippen molar-refractivity contribution in [3.05, 3.63) is 42.9 Å². The van der Waals surface area contributed by atoms with Gasteiger partial charge in [0, 0.05) is 11.7 Å². The minimum Gasteiger partial charge on any atom is -0.361 e. The molecule has 1 aromatic carbocycles. The molecular formula is C9H8N. The Balaban J connectivity index is 2.86. The Morgan fingerprint density at radius 2 is 2.10 bits per heavy atom. The second-order valence-electron chi connectivity index (χ2n) is 2.40. The van der Waals surface area contributed by atoms with Gasteiger partial charge >= 0.3 is 0 Å². The summed E-state index contributed by atoms with van der Waals surface area (Å²) >= 11 is 0. The Kier molecular flexibility index (Phi) is 1.04. The summed E-state index contributed by atoms with van der Waals surface area (Å²) in [6, 6.07) is 8.16. The molecule has 0 aliphatic rings. The number of fused-ring (bicyclic) bond motifs is 1. The van der Waals surface area contributed by atoms with Crippen LogP contribution < -0.4 is 0 Å². The molecule has 0 aliphatic carbocycles. The zero-order valence-electron chi connectivity index (χ0n) is 5.59. The number of benzene rings is 1. The highest BCUT2D eigenvalue weighted by atomic mass is 14.7. The van der Waals surface area contributed by atoms with E-state index in [4.69, 9.17) is 0 Å². The molecule has 0 aliphatic heterocycles. The molecule has 1 N–H and O–H groups in total. The summed E-state index contributed by atoms with van der Waals surface area (Å²) in [5.41, 5.74) is 2.21. The Bertz CT molecular complexity index is 346. The van der Waals surface area contributed by atoms with Crippen molar-refractivity contribution in [3.63, 3.8) is 0 Å². The normalized spacial score (nSPS) is 10.5. The van der Waals surface area contributed by atoms with E-state index in [0.717, 1.165) is 11.1 Å². The molecule has 49 valence electrons. The number of H-pyrrole nitrogens is 1. The lowest BCUT2D eigenvalue weighted by atomic mass is 10.2. The van der Waals surface area contributed by atoms with Crippen LogP contribution in [0.5, 0.6) is 0 Å². The highest BCUT2D eigenvalue weighted by Crippen LogP contribution is 2.12. The van der Waals surface area contributed by atoms with Crippen LogP contribution in [-0.4, -0.2) is 4.98 Å². The average molecular weight is 130 g/mol. The van der Waals surface area contributed by atoms with Crippen molar-refractivity contribution in [2.75, 3.05) is 0 Å². The molecular weight excluding hydrogens is 122 g/mol. The van der Waals surface area contributed by atoms with Crippen LogP contribution in [0.15, 0.2) is 30.5 Å². The molecule has 0 unspecified atom stereocenters. The first kappa shape index (κ1) is 5.54. The predicted octanol–water partition coefficient (Wildman–Crippen LogP) is 2.35. The molecule has 10 heavy (non-hydrogen) atoms. The average Bonchev–Trinajstić information content (AvgIpc) is 2.33. The summed E-state index contributed by atoms with van der Waals surface area (Å²) in [7, 11) is 0. The molecule has 2 aromatic rings. The minimum atomic E-state index is 1.05. The third-order valence-electron chi connectivity index (χ3n) is 1.62. The Labute approximate surface area is 59.7 Å². The van der Waals surface area contributed by atoms with Gasteiger partial charge in [-0.2, -0.15) is 0 Å². The number of aromatic amines is 1. The van der Waals surface area contributed by atoms with Crippen molar-refractivity contribution in [3.8, 4) is 0 Å². The van der Waals surface area contributed by atoms with Crippen LogP contribution in [0.4, 0.5) is 0 Å². The molecule has 0 saturated heterocycles. The molecule has 1 nitrogen and oxygen atoms in total. The van der Waals surface area contributed by atoms with E-state index in [0.29, 0.717) is 0 Å². The summed E-state index contributed by atoms with van der Waals surface area (Å²) < 4.78 is 0. The Morgan fingerprint density at radius 1 is 1.20 bits per heavy atom. The van der Waals surface area contributed by atoms with Gasteiger partial charge in [-0.25, -0.2) is 0 Å². The smallest absolute Gasteiger partial charge is 0.0456 e. The fourth-order valence-electron chi connectivity index (χ4n) is 1.09. The third kappa shape index (κ3) is 0.711. The van der Waals surface area contributed by atoms with Gasteiger partial charge in [0.1, 0.15) is 0 Å². The van der Waals surface area contributed by atoms with Gasteiger partial charge in [-0.05, 0) is 30.0 Å². The van der Waals surface area contributed by atoms with E-state index in [1.807, 2.05) is 18.3 Å². The van der Waals surface area contributed by atoms with Crippen LogP contribution >= 0.6 is 0 Å². The van der Waals surface area contributed by atoms with Gasteiger partial charge in [0.15, 0.2) is 0 Å². The first-order chi connectivity index (χ1) is 4.86. The molecule has 1 radical (unpaired) electrons. The lowest BCUT2D eigenvalue weighted by Gasteiger charge is -1.90. The molecule has 0 amide bonds. The monoisotopic (exact) mass is 130 g/mol. The molecule has 1 heteroatoms. The van der Waals surface area contributed by atoms with Gasteiger partial charge < -0.3 is 4.98 Å². The predicted molar refractivity (Wildman–Crippen MR) is 42.8 cm³/mol. The number of aromatic nitrogens is 1. The van der Waals surface area contributed by atoms with Gasteiger partial charge in [-0.3, -0.25) is 0 Å². The topological polar surface area (TPSA) is 15.8 Å². The summed E-state index contributed by atoms with van der Waals surface area (Å²) in [5, 5.41) is 1.24. The zero-order chi connectivity index (χ0) is 6.97. The molecule has 0 spiro atoms. The molecule has 0 fully saturated rings. The third-order valence-corrected chi connectivity index (χ3v) is 1.62. The van der Waals surface area contributed by atoms with Crippen LogP contribution in [0.3, 0.4) is 0 Å². The molecule has 0 atom stereocenters. The fraction of sp³-hybridized carbons (Fsp3) is 0. The molecule has 0 saturated carbocycles. The summed E-state index contributed by atoms with van der Waals surface area (Å²) in [6.45, 7) is 3.83. The first-order valence-electron chi connectivity index (χ1n) is 3.25. The highest BCUT2D eigenvalue weighted by Gasteiger charge is 1.91. The van der Waals surface area contributed by atoms with E-state index < -0.39 is 0 Å². The number of rotatable bonds is 0. The van der Waals surface area contributed by atoms with Crippen molar-refractivity contribution >= 4 is 10.9 Å². The van der Waals surface area contributed by atoms with E-state index >= 15 is 0 Å². The van der Waals surface area contributed by atoms with Crippen LogP contribution in [0, 0.1) is 6.92 Å². The first-order valence-corrected chi connectivity index (χ1v) is 3.25. The van der Waals surface area contributed by atoms with Crippen molar-refractivity contribution in [2.24, 2.45) is 0 Å². The van der Waals surface area contributed by atoms with E-state index in [-0.39, 0.29) is 0 Å². The van der Waals surface area contributed by atoms with Gasteiger partial charge in [0.2, 0.25) is 0 Å².